The third kappa shape index (κ3) is 5.34. The molecular formula is C27H31F2N3O4S. The standard InChI is InChI=1S/C27H31F2N3O4S/c1-2-37(34,35)32(25-16-30-12-13-36-25)26(19-8-9-19)27(33)31-17-20(22-15-21(28)10-11-23(22)29)14-24(31)18-6-4-3-5-7-18/h3-7,10-11,14-15,19,24-26,30H,2,8-9,12-13,16-17H2,1H3/t24-,25?,26-/m0/s1. The summed E-state index contributed by atoms with van der Waals surface area (Å²) in [7, 11) is -3.80. The van der Waals surface area contributed by atoms with Crippen LogP contribution in [0.1, 0.15) is 36.9 Å². The largest absolute Gasteiger partial charge is 0.359 e. The summed E-state index contributed by atoms with van der Waals surface area (Å²) in [6.45, 7) is 2.82. The van der Waals surface area contributed by atoms with Gasteiger partial charge in [-0.3, -0.25) is 4.79 Å². The van der Waals surface area contributed by atoms with Crippen LogP contribution < -0.4 is 5.32 Å². The summed E-state index contributed by atoms with van der Waals surface area (Å²) in [5, 5.41) is 3.17. The van der Waals surface area contributed by atoms with E-state index in [0.29, 0.717) is 18.7 Å². The number of ether oxygens (including phenoxy) is 1. The molecule has 2 heterocycles. The van der Waals surface area contributed by atoms with Crippen LogP contribution in [0.15, 0.2) is 54.6 Å². The molecule has 1 saturated heterocycles. The Morgan fingerprint density at radius 3 is 2.59 bits per heavy atom. The van der Waals surface area contributed by atoms with E-state index in [2.05, 4.69) is 5.32 Å². The van der Waals surface area contributed by atoms with E-state index in [1.165, 1.54) is 4.31 Å². The summed E-state index contributed by atoms with van der Waals surface area (Å²) in [6, 6.07) is 11.1. The van der Waals surface area contributed by atoms with Crippen molar-refractivity contribution in [2.75, 3.05) is 32.0 Å². The molecule has 1 N–H and O–H groups in total. The number of nitrogens with zero attached hydrogens (tertiary/aromatic N) is 2. The molecule has 1 saturated carbocycles. The number of amides is 1. The third-order valence-electron chi connectivity index (χ3n) is 7.21. The fraction of sp³-hybridized carbons (Fsp3) is 0.444. The predicted molar refractivity (Wildman–Crippen MR) is 136 cm³/mol. The maximum Gasteiger partial charge on any atom is 0.242 e. The van der Waals surface area contributed by atoms with Gasteiger partial charge in [-0.25, -0.2) is 17.2 Å². The minimum Gasteiger partial charge on any atom is -0.359 e. The minimum absolute atomic E-state index is 0.0335. The van der Waals surface area contributed by atoms with Crippen molar-refractivity contribution in [3.05, 3.63) is 77.4 Å². The van der Waals surface area contributed by atoms with Gasteiger partial charge in [-0.15, -0.1) is 0 Å². The second-order valence-electron chi connectivity index (χ2n) is 9.68. The lowest BCUT2D eigenvalue weighted by atomic mass is 10.0. The summed E-state index contributed by atoms with van der Waals surface area (Å²) in [4.78, 5) is 15.9. The van der Waals surface area contributed by atoms with Gasteiger partial charge in [0.25, 0.3) is 0 Å². The van der Waals surface area contributed by atoms with Gasteiger partial charge in [-0.1, -0.05) is 36.4 Å². The van der Waals surface area contributed by atoms with E-state index in [1.807, 2.05) is 30.3 Å². The molecule has 7 nitrogen and oxygen atoms in total. The van der Waals surface area contributed by atoms with Crippen molar-refractivity contribution < 1.29 is 26.7 Å². The van der Waals surface area contributed by atoms with Crippen molar-refractivity contribution in [3.63, 3.8) is 0 Å². The van der Waals surface area contributed by atoms with Crippen molar-refractivity contribution in [2.45, 2.75) is 38.1 Å². The highest BCUT2D eigenvalue weighted by Crippen LogP contribution is 2.42. The van der Waals surface area contributed by atoms with Crippen LogP contribution >= 0.6 is 0 Å². The molecule has 2 aromatic carbocycles. The number of benzene rings is 2. The number of morpholine rings is 1. The maximum atomic E-state index is 14.7. The van der Waals surface area contributed by atoms with E-state index in [0.717, 1.165) is 36.6 Å². The molecule has 1 amide bonds. The molecule has 5 rings (SSSR count). The van der Waals surface area contributed by atoms with Gasteiger partial charge in [0.05, 0.1) is 18.4 Å². The summed E-state index contributed by atoms with van der Waals surface area (Å²) < 4.78 is 62.6. The monoisotopic (exact) mass is 531 g/mol. The average Bonchev–Trinajstić information content (AvgIpc) is 3.66. The maximum absolute atomic E-state index is 14.7. The van der Waals surface area contributed by atoms with E-state index in [-0.39, 0.29) is 36.2 Å². The van der Waals surface area contributed by atoms with E-state index in [4.69, 9.17) is 4.74 Å². The number of hydrogen-bond acceptors (Lipinski definition) is 5. The van der Waals surface area contributed by atoms with Crippen LogP contribution in [0.2, 0.25) is 0 Å². The quantitative estimate of drug-likeness (QED) is 0.566. The Bertz CT molecular complexity index is 1280. The zero-order chi connectivity index (χ0) is 26.2. The lowest BCUT2D eigenvalue weighted by Crippen LogP contribution is -2.60. The summed E-state index contributed by atoms with van der Waals surface area (Å²) >= 11 is 0. The molecule has 2 aliphatic heterocycles. The van der Waals surface area contributed by atoms with Crippen LogP contribution in [-0.2, 0) is 19.6 Å². The molecule has 37 heavy (non-hydrogen) atoms. The molecular weight excluding hydrogens is 500 g/mol. The van der Waals surface area contributed by atoms with Gasteiger partial charge in [0.15, 0.2) is 0 Å². The van der Waals surface area contributed by atoms with E-state index in [9.17, 15) is 22.0 Å². The Morgan fingerprint density at radius 2 is 1.95 bits per heavy atom. The minimum atomic E-state index is -3.80. The molecule has 3 atom stereocenters. The van der Waals surface area contributed by atoms with Gasteiger partial charge in [0.2, 0.25) is 15.9 Å². The van der Waals surface area contributed by atoms with Crippen LogP contribution in [0.4, 0.5) is 8.78 Å². The summed E-state index contributed by atoms with van der Waals surface area (Å²) in [6.07, 6.45) is 2.44. The average molecular weight is 532 g/mol. The van der Waals surface area contributed by atoms with Gasteiger partial charge < -0.3 is 15.0 Å². The molecule has 10 heteroatoms. The normalized spacial score (nSPS) is 23.2. The second-order valence-corrected chi connectivity index (χ2v) is 11.8. The summed E-state index contributed by atoms with van der Waals surface area (Å²) in [5.41, 5.74) is 1.38. The highest BCUT2D eigenvalue weighted by atomic mass is 32.2. The van der Waals surface area contributed by atoms with Crippen LogP contribution in [0, 0.1) is 17.6 Å². The fourth-order valence-corrected chi connectivity index (χ4v) is 6.57. The van der Waals surface area contributed by atoms with Gasteiger partial charge in [-0.2, -0.15) is 4.31 Å². The van der Waals surface area contributed by atoms with Crippen molar-refractivity contribution in [1.29, 1.82) is 0 Å². The van der Waals surface area contributed by atoms with Crippen molar-refractivity contribution in [1.82, 2.24) is 14.5 Å². The number of rotatable bonds is 8. The lowest BCUT2D eigenvalue weighted by molar-refractivity contribution is -0.141. The van der Waals surface area contributed by atoms with E-state index < -0.39 is 40.0 Å². The van der Waals surface area contributed by atoms with Crippen LogP contribution in [0.25, 0.3) is 5.57 Å². The highest BCUT2D eigenvalue weighted by molar-refractivity contribution is 7.89. The van der Waals surface area contributed by atoms with Crippen LogP contribution in [0.3, 0.4) is 0 Å². The molecule has 0 spiro atoms. The zero-order valence-corrected chi connectivity index (χ0v) is 21.5. The zero-order valence-electron chi connectivity index (χ0n) is 20.6. The molecule has 0 aromatic heterocycles. The van der Waals surface area contributed by atoms with Gasteiger partial charge in [-0.05, 0) is 55.0 Å². The molecule has 1 aliphatic carbocycles. The van der Waals surface area contributed by atoms with Crippen LogP contribution in [-0.4, -0.2) is 67.8 Å². The molecule has 0 radical (unpaired) electrons. The fourth-order valence-electron chi connectivity index (χ4n) is 5.17. The highest BCUT2D eigenvalue weighted by Gasteiger charge is 2.50. The molecule has 2 fully saturated rings. The van der Waals surface area contributed by atoms with Crippen LogP contribution in [0.5, 0.6) is 0 Å². The smallest absolute Gasteiger partial charge is 0.242 e. The Kier molecular flexibility index (Phi) is 7.44. The molecule has 3 aliphatic rings. The van der Waals surface area contributed by atoms with E-state index >= 15 is 0 Å². The number of hydrogen-bond donors (Lipinski definition) is 1. The number of sulfonamides is 1. The first-order chi connectivity index (χ1) is 17.8. The molecule has 1 unspecified atom stereocenters. The van der Waals surface area contributed by atoms with Gasteiger partial charge >= 0.3 is 0 Å². The third-order valence-corrected chi connectivity index (χ3v) is 9.04. The van der Waals surface area contributed by atoms with Crippen molar-refractivity contribution >= 4 is 21.5 Å². The van der Waals surface area contributed by atoms with Gasteiger partial charge in [0.1, 0.15) is 23.9 Å². The first kappa shape index (κ1) is 26.0. The Morgan fingerprint density at radius 1 is 1.19 bits per heavy atom. The Labute approximate surface area is 216 Å². The second kappa shape index (κ2) is 10.6. The van der Waals surface area contributed by atoms with Gasteiger partial charge in [0, 0.05) is 25.2 Å². The number of halogens is 2. The number of nitrogens with one attached hydrogen (secondary N) is 1. The summed E-state index contributed by atoms with van der Waals surface area (Å²) in [5.74, 6) is -1.80. The number of carbonyl (C=O) groups is 1. The van der Waals surface area contributed by atoms with Crippen molar-refractivity contribution in [2.24, 2.45) is 5.92 Å². The Balaban J connectivity index is 1.54. The lowest BCUT2D eigenvalue weighted by Gasteiger charge is -2.40. The molecule has 2 aromatic rings. The molecule has 0 bridgehead atoms. The SMILES string of the molecule is CCS(=O)(=O)N(C1CNCCO1)[C@H](C(=O)N1CC(c2cc(F)ccc2F)=C[C@H]1c1ccccc1)C1CC1. The van der Waals surface area contributed by atoms with Crippen molar-refractivity contribution in [3.8, 4) is 0 Å². The van der Waals surface area contributed by atoms with E-state index in [1.54, 1.807) is 17.9 Å². The topological polar surface area (TPSA) is 79.0 Å². The first-order valence-corrected chi connectivity index (χ1v) is 14.3. The predicted octanol–water partition coefficient (Wildman–Crippen LogP) is 3.31. The first-order valence-electron chi connectivity index (χ1n) is 12.6. The number of carbonyl (C=O) groups excluding carboxylic acids is 1. The Hall–Kier alpha value is -2.66. The molecule has 198 valence electrons.